The molecule has 0 saturated carbocycles. The lowest BCUT2D eigenvalue weighted by Gasteiger charge is -2.10. The van der Waals surface area contributed by atoms with Crippen molar-refractivity contribution in [3.63, 3.8) is 0 Å². The van der Waals surface area contributed by atoms with E-state index >= 15 is 0 Å². The Hall–Kier alpha value is -0.410. The number of nitrogens with zero attached hydrogens (tertiary/aromatic N) is 1. The molecule has 0 unspecified atom stereocenters. The van der Waals surface area contributed by atoms with Crippen LogP contribution in [0.3, 0.4) is 0 Å². The fourth-order valence-electron chi connectivity index (χ4n) is 0.589. The van der Waals surface area contributed by atoms with Gasteiger partial charge >= 0.3 is 0 Å². The van der Waals surface area contributed by atoms with Crippen LogP contribution in [0.15, 0.2) is 4.99 Å². The third-order valence-electron chi connectivity index (χ3n) is 1.10. The van der Waals surface area contributed by atoms with Crippen molar-refractivity contribution in [3.8, 4) is 0 Å². The Balaban J connectivity index is 3.25. The Morgan fingerprint density at radius 2 is 1.92 bits per heavy atom. The summed E-state index contributed by atoms with van der Waals surface area (Å²) in [6, 6.07) is 0. The minimum Gasteiger partial charge on any atom is -0.382 e. The first-order valence-corrected chi connectivity index (χ1v) is 4.16. The second-order valence-electron chi connectivity index (χ2n) is 3.55. The zero-order chi connectivity index (χ0) is 9.45. The van der Waals surface area contributed by atoms with Crippen LogP contribution in [0.5, 0.6) is 0 Å². The van der Waals surface area contributed by atoms with E-state index in [1.807, 2.05) is 0 Å². The van der Waals surface area contributed by atoms with Gasteiger partial charge in [0.2, 0.25) is 0 Å². The van der Waals surface area contributed by atoms with Gasteiger partial charge in [-0.3, -0.25) is 4.99 Å². The average Bonchev–Trinajstić information content (AvgIpc) is 1.94. The summed E-state index contributed by atoms with van der Waals surface area (Å²) in [5.41, 5.74) is 0.00458. The van der Waals surface area contributed by atoms with Crippen molar-refractivity contribution in [2.45, 2.75) is 26.3 Å². The molecule has 0 aliphatic heterocycles. The van der Waals surface area contributed by atoms with Gasteiger partial charge in [-0.1, -0.05) is 0 Å². The molecule has 0 aromatic rings. The maximum atomic E-state index is 5.20. The van der Waals surface area contributed by atoms with Crippen LogP contribution in [0.1, 0.15) is 20.8 Å². The Morgan fingerprint density at radius 1 is 1.25 bits per heavy atom. The second-order valence-corrected chi connectivity index (χ2v) is 3.55. The molecule has 0 N–H and O–H groups in total. The van der Waals surface area contributed by atoms with Crippen molar-refractivity contribution in [2.75, 3.05) is 26.9 Å². The smallest absolute Gasteiger partial charge is 0.0815 e. The fourth-order valence-corrected chi connectivity index (χ4v) is 0.589. The Bertz CT molecular complexity index is 127. The molecule has 3 heteroatoms. The fraction of sp³-hybridized carbons (Fsp3) is 0.889. The van der Waals surface area contributed by atoms with Crippen LogP contribution in [-0.2, 0) is 9.47 Å². The molecule has 72 valence electrons. The second kappa shape index (κ2) is 6.14. The van der Waals surface area contributed by atoms with E-state index < -0.39 is 0 Å². The molecular formula is C9H19NO2. The molecule has 3 nitrogen and oxygen atoms in total. The van der Waals surface area contributed by atoms with Gasteiger partial charge in [0.05, 0.1) is 25.4 Å². The summed E-state index contributed by atoms with van der Waals surface area (Å²) >= 11 is 0. The zero-order valence-electron chi connectivity index (χ0n) is 8.46. The van der Waals surface area contributed by atoms with Crippen LogP contribution in [-0.4, -0.2) is 38.7 Å². The van der Waals surface area contributed by atoms with E-state index in [0.717, 1.165) is 0 Å². The summed E-state index contributed by atoms with van der Waals surface area (Å²) < 4.78 is 10.0. The first-order valence-electron chi connectivity index (χ1n) is 4.16. The summed E-state index contributed by atoms with van der Waals surface area (Å²) in [7, 11) is 1.66. The van der Waals surface area contributed by atoms with Gasteiger partial charge in [-0.05, 0) is 20.8 Å². The molecule has 0 atom stereocenters. The summed E-state index contributed by atoms with van der Waals surface area (Å²) in [4.78, 5) is 4.26. The lowest BCUT2D eigenvalue weighted by atomic mass is 10.1. The van der Waals surface area contributed by atoms with Crippen molar-refractivity contribution in [3.05, 3.63) is 0 Å². The minimum absolute atomic E-state index is 0.00458. The third kappa shape index (κ3) is 9.59. The largest absolute Gasteiger partial charge is 0.382 e. The Labute approximate surface area is 74.8 Å². The number of methoxy groups -OCH3 is 1. The Kier molecular flexibility index (Phi) is 5.93. The first-order chi connectivity index (χ1) is 5.56. The predicted molar refractivity (Wildman–Crippen MR) is 50.9 cm³/mol. The number of ether oxygens (including phenoxy) is 2. The summed E-state index contributed by atoms with van der Waals surface area (Å²) in [5.74, 6) is 0. The highest BCUT2D eigenvalue weighted by Crippen LogP contribution is 2.03. The van der Waals surface area contributed by atoms with E-state index in [-0.39, 0.29) is 5.54 Å². The predicted octanol–water partition coefficient (Wildman–Crippen LogP) is 1.52. The van der Waals surface area contributed by atoms with Crippen molar-refractivity contribution in [1.82, 2.24) is 0 Å². The molecule has 0 aromatic carbocycles. The molecule has 0 aliphatic carbocycles. The molecule has 0 aliphatic rings. The SMILES string of the molecule is COCCOC/C=N/C(C)(C)C. The quantitative estimate of drug-likeness (QED) is 0.466. The van der Waals surface area contributed by atoms with Gasteiger partial charge in [-0.15, -0.1) is 0 Å². The van der Waals surface area contributed by atoms with E-state index in [2.05, 4.69) is 25.8 Å². The summed E-state index contributed by atoms with van der Waals surface area (Å²) in [5, 5.41) is 0. The standard InChI is InChI=1S/C9H19NO2/c1-9(2,3)10-5-6-12-8-7-11-4/h5H,6-8H2,1-4H3/b10-5+. The molecule has 0 radical (unpaired) electrons. The molecule has 0 saturated heterocycles. The van der Waals surface area contributed by atoms with Gasteiger partial charge in [-0.2, -0.15) is 0 Å². The minimum atomic E-state index is 0.00458. The van der Waals surface area contributed by atoms with Gasteiger partial charge in [0.15, 0.2) is 0 Å². The van der Waals surface area contributed by atoms with Gasteiger partial charge in [-0.25, -0.2) is 0 Å². The topological polar surface area (TPSA) is 30.8 Å². The maximum Gasteiger partial charge on any atom is 0.0815 e. The molecule has 0 aromatic heterocycles. The normalized spacial score (nSPS) is 12.7. The molecule has 12 heavy (non-hydrogen) atoms. The lowest BCUT2D eigenvalue weighted by molar-refractivity contribution is 0.0910. The van der Waals surface area contributed by atoms with Crippen LogP contribution in [0.4, 0.5) is 0 Å². The van der Waals surface area contributed by atoms with Crippen molar-refractivity contribution < 1.29 is 9.47 Å². The van der Waals surface area contributed by atoms with Crippen LogP contribution in [0.2, 0.25) is 0 Å². The maximum absolute atomic E-state index is 5.20. The molecule has 0 bridgehead atoms. The van der Waals surface area contributed by atoms with Crippen molar-refractivity contribution >= 4 is 6.21 Å². The molecule has 0 heterocycles. The number of rotatable bonds is 5. The molecular weight excluding hydrogens is 154 g/mol. The van der Waals surface area contributed by atoms with Crippen LogP contribution < -0.4 is 0 Å². The number of hydrogen-bond donors (Lipinski definition) is 0. The van der Waals surface area contributed by atoms with Gasteiger partial charge < -0.3 is 9.47 Å². The highest BCUT2D eigenvalue weighted by Gasteiger charge is 2.03. The zero-order valence-corrected chi connectivity index (χ0v) is 8.46. The van der Waals surface area contributed by atoms with Crippen molar-refractivity contribution in [2.24, 2.45) is 4.99 Å². The molecule has 0 rings (SSSR count). The Morgan fingerprint density at radius 3 is 2.42 bits per heavy atom. The first kappa shape index (κ1) is 11.6. The molecule has 0 fully saturated rings. The van der Waals surface area contributed by atoms with E-state index in [4.69, 9.17) is 9.47 Å². The molecule has 0 amide bonds. The van der Waals surface area contributed by atoms with E-state index in [1.165, 1.54) is 0 Å². The van der Waals surface area contributed by atoms with Crippen LogP contribution >= 0.6 is 0 Å². The van der Waals surface area contributed by atoms with Crippen molar-refractivity contribution in [1.29, 1.82) is 0 Å². The summed E-state index contributed by atoms with van der Waals surface area (Å²) in [6.45, 7) is 8.01. The highest BCUT2D eigenvalue weighted by atomic mass is 16.5. The van der Waals surface area contributed by atoms with Gasteiger partial charge in [0, 0.05) is 13.3 Å². The highest BCUT2D eigenvalue weighted by molar-refractivity contribution is 5.59. The number of aliphatic imine (C=N–C) groups is 1. The van der Waals surface area contributed by atoms with E-state index in [0.29, 0.717) is 19.8 Å². The summed E-state index contributed by atoms with van der Waals surface area (Å²) in [6.07, 6.45) is 1.80. The monoisotopic (exact) mass is 173 g/mol. The van der Waals surface area contributed by atoms with Gasteiger partial charge in [0.1, 0.15) is 0 Å². The number of hydrogen-bond acceptors (Lipinski definition) is 3. The average molecular weight is 173 g/mol. The van der Waals surface area contributed by atoms with E-state index in [9.17, 15) is 0 Å². The molecule has 0 spiro atoms. The third-order valence-corrected chi connectivity index (χ3v) is 1.10. The van der Waals surface area contributed by atoms with Crippen LogP contribution in [0.25, 0.3) is 0 Å². The van der Waals surface area contributed by atoms with Gasteiger partial charge in [0.25, 0.3) is 0 Å². The lowest BCUT2D eigenvalue weighted by Crippen LogP contribution is -2.11. The van der Waals surface area contributed by atoms with Crippen LogP contribution in [0, 0.1) is 0 Å². The van der Waals surface area contributed by atoms with E-state index in [1.54, 1.807) is 13.3 Å².